The smallest absolute Gasteiger partial charge is 0.282 e. The average molecular weight is 480 g/mol. The monoisotopic (exact) mass is 478 g/mol. The Labute approximate surface area is 195 Å². The van der Waals surface area contributed by atoms with Crippen LogP contribution in [0.5, 0.6) is 0 Å². The van der Waals surface area contributed by atoms with Crippen LogP contribution in [0.1, 0.15) is 31.4 Å². The SMILES string of the molecule is CC1C(C(=O)NN2CCC(=O)CC2)=NN(c2ccc(Cl)cc2Cl)C1c1ccc(Cl)cc1. The first-order valence-electron chi connectivity index (χ1n) is 9.99. The predicted octanol–water partition coefficient (Wildman–Crippen LogP) is 4.90. The summed E-state index contributed by atoms with van der Waals surface area (Å²) >= 11 is 18.6. The maximum absolute atomic E-state index is 13.1. The molecular weight excluding hydrogens is 459 g/mol. The Balaban J connectivity index is 1.66. The van der Waals surface area contributed by atoms with Gasteiger partial charge in [-0.3, -0.25) is 20.0 Å². The molecule has 2 aliphatic heterocycles. The van der Waals surface area contributed by atoms with Crippen LogP contribution in [0, 0.1) is 5.92 Å². The second-order valence-electron chi connectivity index (χ2n) is 7.68. The number of halogens is 3. The number of piperidine rings is 1. The van der Waals surface area contributed by atoms with Gasteiger partial charge in [0.25, 0.3) is 5.91 Å². The second-order valence-corrected chi connectivity index (χ2v) is 8.96. The van der Waals surface area contributed by atoms with Gasteiger partial charge >= 0.3 is 0 Å². The largest absolute Gasteiger partial charge is 0.300 e. The summed E-state index contributed by atoms with van der Waals surface area (Å²) in [6.07, 6.45) is 0.866. The lowest BCUT2D eigenvalue weighted by atomic mass is 9.91. The molecule has 1 amide bonds. The van der Waals surface area contributed by atoms with Crippen molar-refractivity contribution in [1.82, 2.24) is 10.4 Å². The minimum absolute atomic E-state index is 0.212. The van der Waals surface area contributed by atoms with Gasteiger partial charge in [-0.05, 0) is 35.9 Å². The van der Waals surface area contributed by atoms with Crippen LogP contribution in [0.25, 0.3) is 0 Å². The Morgan fingerprint density at radius 3 is 2.32 bits per heavy atom. The highest BCUT2D eigenvalue weighted by Crippen LogP contribution is 2.42. The van der Waals surface area contributed by atoms with E-state index >= 15 is 0 Å². The van der Waals surface area contributed by atoms with E-state index in [4.69, 9.17) is 34.8 Å². The number of nitrogens with one attached hydrogen (secondary N) is 1. The van der Waals surface area contributed by atoms with Gasteiger partial charge < -0.3 is 0 Å². The van der Waals surface area contributed by atoms with E-state index in [0.717, 1.165) is 5.56 Å². The number of hydrogen-bond donors (Lipinski definition) is 1. The minimum Gasteiger partial charge on any atom is -0.300 e. The van der Waals surface area contributed by atoms with E-state index in [0.29, 0.717) is 52.4 Å². The highest BCUT2D eigenvalue weighted by molar-refractivity contribution is 6.41. The average Bonchev–Trinajstić information content (AvgIpc) is 3.07. The number of hydrazine groups is 1. The van der Waals surface area contributed by atoms with Gasteiger partial charge in [0.2, 0.25) is 0 Å². The fraction of sp³-hybridized carbons (Fsp3) is 0.318. The van der Waals surface area contributed by atoms with E-state index in [1.165, 1.54) is 0 Å². The summed E-state index contributed by atoms with van der Waals surface area (Å²) in [4.78, 5) is 24.6. The third kappa shape index (κ3) is 4.72. The first kappa shape index (κ1) is 22.1. The number of anilines is 1. The molecule has 0 saturated carbocycles. The molecule has 0 radical (unpaired) electrons. The molecule has 0 aromatic heterocycles. The molecule has 0 aliphatic carbocycles. The van der Waals surface area contributed by atoms with Crippen molar-refractivity contribution in [3.63, 3.8) is 0 Å². The predicted molar refractivity (Wildman–Crippen MR) is 124 cm³/mol. The molecule has 9 heteroatoms. The molecule has 1 saturated heterocycles. The van der Waals surface area contributed by atoms with Crippen molar-refractivity contribution in [3.05, 3.63) is 63.1 Å². The van der Waals surface area contributed by atoms with Crippen LogP contribution in [0.2, 0.25) is 15.1 Å². The normalized spacial score (nSPS) is 21.9. The fourth-order valence-corrected chi connectivity index (χ4v) is 4.53. The Morgan fingerprint density at radius 2 is 1.68 bits per heavy atom. The van der Waals surface area contributed by atoms with Gasteiger partial charge in [-0.25, -0.2) is 5.01 Å². The summed E-state index contributed by atoms with van der Waals surface area (Å²) in [7, 11) is 0. The molecule has 4 rings (SSSR count). The van der Waals surface area contributed by atoms with E-state index < -0.39 is 0 Å². The van der Waals surface area contributed by atoms with Crippen molar-refractivity contribution in [3.8, 4) is 0 Å². The summed E-state index contributed by atoms with van der Waals surface area (Å²) in [5, 5.41) is 9.80. The van der Waals surface area contributed by atoms with Crippen LogP contribution < -0.4 is 10.4 Å². The molecule has 2 aromatic rings. The first-order valence-corrected chi connectivity index (χ1v) is 11.1. The van der Waals surface area contributed by atoms with Crippen LogP contribution in [0.15, 0.2) is 47.6 Å². The van der Waals surface area contributed by atoms with Crippen molar-refractivity contribution in [1.29, 1.82) is 0 Å². The number of Topliss-reactive ketones (excluding diaryl/α,β-unsaturated/α-hetero) is 1. The zero-order valence-electron chi connectivity index (χ0n) is 16.8. The lowest BCUT2D eigenvalue weighted by Gasteiger charge is -2.28. The Morgan fingerprint density at radius 1 is 1.03 bits per heavy atom. The number of hydrogen-bond acceptors (Lipinski definition) is 5. The highest BCUT2D eigenvalue weighted by Gasteiger charge is 2.40. The van der Waals surface area contributed by atoms with Crippen molar-refractivity contribution < 1.29 is 9.59 Å². The second kappa shape index (κ2) is 9.17. The third-order valence-corrected chi connectivity index (χ3v) is 6.36. The number of rotatable bonds is 4. The Hall–Kier alpha value is -2.12. The number of amides is 1. The number of hydrazone groups is 1. The minimum atomic E-state index is -0.284. The van der Waals surface area contributed by atoms with Crippen LogP contribution in [0.4, 0.5) is 5.69 Å². The Kier molecular flexibility index (Phi) is 6.53. The third-order valence-electron chi connectivity index (χ3n) is 5.57. The van der Waals surface area contributed by atoms with Crippen LogP contribution in [-0.2, 0) is 9.59 Å². The van der Waals surface area contributed by atoms with Crippen LogP contribution >= 0.6 is 34.8 Å². The van der Waals surface area contributed by atoms with Gasteiger partial charge in [0, 0.05) is 41.9 Å². The van der Waals surface area contributed by atoms with E-state index in [1.54, 1.807) is 28.2 Å². The summed E-state index contributed by atoms with van der Waals surface area (Å²) in [5.41, 5.74) is 4.90. The highest BCUT2D eigenvalue weighted by atomic mass is 35.5. The molecule has 6 nitrogen and oxygen atoms in total. The van der Waals surface area contributed by atoms with Gasteiger partial charge in [-0.2, -0.15) is 5.10 Å². The molecule has 2 aliphatic rings. The van der Waals surface area contributed by atoms with Gasteiger partial charge in [0.15, 0.2) is 0 Å². The molecule has 1 fully saturated rings. The standard InChI is InChI=1S/C22H21Cl3N4O2/c1-13-20(22(31)27-28-10-8-17(30)9-11-28)26-29(19-7-6-16(24)12-18(19)25)21(13)14-2-4-15(23)5-3-14/h2-7,12-13,21H,8-11H2,1H3,(H,27,31). The van der Waals surface area contributed by atoms with Crippen molar-refractivity contribution in [2.75, 3.05) is 18.1 Å². The molecule has 2 atom stereocenters. The molecule has 31 heavy (non-hydrogen) atoms. The molecule has 2 unspecified atom stereocenters. The van der Waals surface area contributed by atoms with Crippen molar-refractivity contribution in [2.24, 2.45) is 11.0 Å². The lowest BCUT2D eigenvalue weighted by Crippen LogP contribution is -2.49. The molecule has 1 N–H and O–H groups in total. The lowest BCUT2D eigenvalue weighted by molar-refractivity contribution is -0.126. The van der Waals surface area contributed by atoms with Crippen LogP contribution in [0.3, 0.4) is 0 Å². The van der Waals surface area contributed by atoms with Gasteiger partial charge in [-0.15, -0.1) is 0 Å². The number of carbonyl (C=O) groups is 2. The zero-order valence-corrected chi connectivity index (χ0v) is 19.1. The fourth-order valence-electron chi connectivity index (χ4n) is 3.91. The maximum atomic E-state index is 13.1. The molecule has 0 spiro atoms. The molecule has 2 aromatic carbocycles. The Bertz CT molecular complexity index is 1030. The van der Waals surface area contributed by atoms with Crippen molar-refractivity contribution in [2.45, 2.75) is 25.8 Å². The quantitative estimate of drug-likeness (QED) is 0.678. The molecule has 162 valence electrons. The maximum Gasteiger partial charge on any atom is 0.282 e. The number of nitrogens with zero attached hydrogens (tertiary/aromatic N) is 3. The zero-order chi connectivity index (χ0) is 22.1. The topological polar surface area (TPSA) is 65.0 Å². The van der Waals surface area contributed by atoms with Gasteiger partial charge in [0.05, 0.1) is 16.8 Å². The first-order chi connectivity index (χ1) is 14.8. The van der Waals surface area contributed by atoms with Crippen molar-refractivity contribution >= 4 is 57.9 Å². The molecule has 2 heterocycles. The van der Waals surface area contributed by atoms with Gasteiger partial charge in [0.1, 0.15) is 11.5 Å². The molecule has 0 bridgehead atoms. The van der Waals surface area contributed by atoms with E-state index in [9.17, 15) is 9.59 Å². The van der Waals surface area contributed by atoms with Gasteiger partial charge in [-0.1, -0.05) is 53.9 Å². The van der Waals surface area contributed by atoms with Crippen LogP contribution in [-0.4, -0.2) is 35.5 Å². The summed E-state index contributed by atoms with van der Waals surface area (Å²) in [6.45, 7) is 2.96. The summed E-state index contributed by atoms with van der Waals surface area (Å²) in [5.74, 6) is -0.295. The van der Waals surface area contributed by atoms with E-state index in [2.05, 4.69) is 10.5 Å². The van der Waals surface area contributed by atoms with E-state index in [1.807, 2.05) is 31.2 Å². The number of benzene rings is 2. The summed E-state index contributed by atoms with van der Waals surface area (Å²) < 4.78 is 0. The number of ketones is 1. The summed E-state index contributed by atoms with van der Waals surface area (Å²) in [6, 6.07) is 12.4. The molecular formula is C22H21Cl3N4O2. The van der Waals surface area contributed by atoms with E-state index in [-0.39, 0.29) is 23.7 Å². The number of carbonyl (C=O) groups excluding carboxylic acids is 2.